The first-order chi connectivity index (χ1) is 11.5. The van der Waals surface area contributed by atoms with Crippen LogP contribution in [0.4, 0.5) is 5.69 Å². The van der Waals surface area contributed by atoms with Gasteiger partial charge in [-0.2, -0.15) is 0 Å². The second-order valence-corrected chi connectivity index (χ2v) is 6.64. The van der Waals surface area contributed by atoms with E-state index in [1.807, 2.05) is 0 Å². The molecule has 1 aliphatic rings. The van der Waals surface area contributed by atoms with Crippen molar-refractivity contribution < 1.29 is 9.59 Å². The normalized spacial score (nSPS) is 13.4. The zero-order valence-electron chi connectivity index (χ0n) is 12.4. The van der Waals surface area contributed by atoms with Gasteiger partial charge in [0, 0.05) is 11.8 Å². The summed E-state index contributed by atoms with van der Waals surface area (Å²) in [4.78, 5) is 23.8. The Balaban J connectivity index is 1.65. The van der Waals surface area contributed by atoms with E-state index < -0.39 is 5.91 Å². The van der Waals surface area contributed by atoms with Gasteiger partial charge >= 0.3 is 0 Å². The number of rotatable bonds is 5. The fourth-order valence-electron chi connectivity index (χ4n) is 2.15. The van der Waals surface area contributed by atoms with Gasteiger partial charge in [0.2, 0.25) is 5.91 Å². The predicted molar refractivity (Wildman–Crippen MR) is 93.5 cm³/mol. The highest BCUT2D eigenvalue weighted by Gasteiger charge is 2.18. The average Bonchev–Trinajstić information content (AvgIpc) is 3.21. The van der Waals surface area contributed by atoms with Gasteiger partial charge < -0.3 is 16.5 Å². The third-order valence-electron chi connectivity index (χ3n) is 3.34. The molecule has 5 N–H and O–H groups in total. The minimum absolute atomic E-state index is 0.191. The minimum Gasteiger partial charge on any atom is -0.366 e. The van der Waals surface area contributed by atoms with Crippen LogP contribution in [0.1, 0.15) is 20.0 Å². The number of nitrogens with one attached hydrogen (secondary N) is 3. The van der Waals surface area contributed by atoms with Crippen molar-refractivity contribution >= 4 is 40.4 Å². The van der Waals surface area contributed by atoms with Crippen LogP contribution in [0.2, 0.25) is 4.34 Å². The highest BCUT2D eigenvalue weighted by molar-refractivity contribution is 7.17. The number of carbonyl (C=O) groups excluding carboxylic acids is 2. The summed E-state index contributed by atoms with van der Waals surface area (Å²) in [7, 11) is 0. The molecule has 0 saturated carbocycles. The van der Waals surface area contributed by atoms with Crippen LogP contribution in [-0.2, 0) is 0 Å². The fraction of sp³-hybridized carbons (Fsp3) is 0.0667. The summed E-state index contributed by atoms with van der Waals surface area (Å²) in [5.74, 6) is -0.671. The molecule has 3 rings (SSSR count). The Labute approximate surface area is 147 Å². The topological polar surface area (TPSA) is 99.5 Å². The van der Waals surface area contributed by atoms with Crippen molar-refractivity contribution in [3.63, 3.8) is 0 Å². The van der Waals surface area contributed by atoms with E-state index in [0.717, 1.165) is 11.4 Å². The third-order valence-corrected chi connectivity index (χ3v) is 4.57. The highest BCUT2D eigenvalue weighted by Crippen LogP contribution is 2.22. The van der Waals surface area contributed by atoms with Crippen molar-refractivity contribution in [3.05, 3.63) is 63.1 Å². The Morgan fingerprint density at radius 3 is 2.58 bits per heavy atom. The molecule has 2 heterocycles. The van der Waals surface area contributed by atoms with Crippen LogP contribution in [0.5, 0.6) is 0 Å². The number of hydrazine groups is 2. The van der Waals surface area contributed by atoms with Crippen molar-refractivity contribution in [2.45, 2.75) is 0 Å². The summed E-state index contributed by atoms with van der Waals surface area (Å²) in [5.41, 5.74) is 13.1. The Morgan fingerprint density at radius 1 is 1.21 bits per heavy atom. The van der Waals surface area contributed by atoms with E-state index in [4.69, 9.17) is 17.3 Å². The molecule has 0 saturated heterocycles. The molecule has 0 unspecified atom stereocenters. The number of hydrogen-bond donors (Lipinski definition) is 4. The second kappa shape index (κ2) is 6.91. The molecule has 1 aliphatic heterocycles. The lowest BCUT2D eigenvalue weighted by Crippen LogP contribution is -2.40. The standard InChI is InChI=1S/C15H14ClN5O2S/c16-13-6-5-12(24-13)15(23)18-7-11-8-19-20-21(11)10-3-1-9(2-4-10)14(17)22/h1-6,8,19-20H,7H2,(H2,17,22)(H,18,23). The number of thiophene rings is 1. The summed E-state index contributed by atoms with van der Waals surface area (Å²) in [6, 6.07) is 10.2. The molecule has 0 fully saturated rings. The van der Waals surface area contributed by atoms with Gasteiger partial charge in [0.1, 0.15) is 0 Å². The van der Waals surface area contributed by atoms with E-state index in [1.165, 1.54) is 11.3 Å². The summed E-state index contributed by atoms with van der Waals surface area (Å²) in [6.45, 7) is 0.311. The van der Waals surface area contributed by atoms with Crippen molar-refractivity contribution in [2.75, 3.05) is 11.6 Å². The van der Waals surface area contributed by atoms with Crippen molar-refractivity contribution in [1.29, 1.82) is 0 Å². The summed E-state index contributed by atoms with van der Waals surface area (Å²) >= 11 is 7.06. The van der Waals surface area contributed by atoms with E-state index in [0.29, 0.717) is 21.3 Å². The third kappa shape index (κ3) is 3.51. The number of primary amides is 1. The zero-order chi connectivity index (χ0) is 17.1. The maximum atomic E-state index is 12.1. The molecule has 1 aromatic carbocycles. The van der Waals surface area contributed by atoms with Crippen molar-refractivity contribution in [2.24, 2.45) is 5.73 Å². The van der Waals surface area contributed by atoms with Crippen LogP contribution >= 0.6 is 22.9 Å². The minimum atomic E-state index is -0.480. The van der Waals surface area contributed by atoms with Gasteiger partial charge in [-0.05, 0) is 36.4 Å². The first kappa shape index (κ1) is 16.3. The smallest absolute Gasteiger partial charge is 0.261 e. The molecule has 2 amide bonds. The van der Waals surface area contributed by atoms with E-state index in [1.54, 1.807) is 47.6 Å². The summed E-state index contributed by atoms with van der Waals surface area (Å²) in [5, 5.41) is 4.59. The van der Waals surface area contributed by atoms with Crippen LogP contribution in [-0.4, -0.2) is 18.4 Å². The Morgan fingerprint density at radius 2 is 1.96 bits per heavy atom. The molecule has 24 heavy (non-hydrogen) atoms. The summed E-state index contributed by atoms with van der Waals surface area (Å²) in [6.07, 6.45) is 1.74. The number of nitrogens with two attached hydrogens (primary N) is 1. The van der Waals surface area contributed by atoms with Crippen LogP contribution in [0, 0.1) is 0 Å². The molecule has 7 nitrogen and oxygen atoms in total. The largest absolute Gasteiger partial charge is 0.366 e. The second-order valence-electron chi connectivity index (χ2n) is 4.92. The number of amides is 2. The number of carbonyl (C=O) groups is 2. The van der Waals surface area contributed by atoms with Gasteiger partial charge in [-0.15, -0.1) is 16.9 Å². The molecule has 0 radical (unpaired) electrons. The Hall–Kier alpha value is -2.55. The van der Waals surface area contributed by atoms with Crippen molar-refractivity contribution in [1.82, 2.24) is 16.3 Å². The molecular weight excluding hydrogens is 350 g/mol. The number of nitrogens with zero attached hydrogens (tertiary/aromatic N) is 1. The fourth-order valence-corrected chi connectivity index (χ4v) is 3.11. The van der Waals surface area contributed by atoms with Crippen LogP contribution in [0.3, 0.4) is 0 Å². The van der Waals surface area contributed by atoms with Crippen LogP contribution in [0.25, 0.3) is 0 Å². The van der Waals surface area contributed by atoms with Gasteiger partial charge in [0.05, 0.1) is 27.1 Å². The molecule has 2 aromatic rings. The lowest BCUT2D eigenvalue weighted by atomic mass is 10.2. The maximum Gasteiger partial charge on any atom is 0.261 e. The van der Waals surface area contributed by atoms with Gasteiger partial charge in [-0.3, -0.25) is 14.6 Å². The zero-order valence-corrected chi connectivity index (χ0v) is 13.9. The highest BCUT2D eigenvalue weighted by atomic mass is 35.5. The first-order valence-electron chi connectivity index (χ1n) is 6.98. The van der Waals surface area contributed by atoms with Gasteiger partial charge in [-0.1, -0.05) is 11.6 Å². The van der Waals surface area contributed by atoms with E-state index in [2.05, 4.69) is 16.3 Å². The Kier molecular flexibility index (Phi) is 4.70. The first-order valence-corrected chi connectivity index (χ1v) is 8.18. The van der Waals surface area contributed by atoms with Gasteiger partial charge in [0.15, 0.2) is 0 Å². The van der Waals surface area contributed by atoms with E-state index in [-0.39, 0.29) is 5.91 Å². The molecule has 0 bridgehead atoms. The molecule has 1 aromatic heterocycles. The number of hydrogen-bond acceptors (Lipinski definition) is 6. The van der Waals surface area contributed by atoms with Crippen LogP contribution in [0.15, 0.2) is 48.3 Å². The number of halogens is 1. The van der Waals surface area contributed by atoms with E-state index >= 15 is 0 Å². The molecule has 124 valence electrons. The van der Waals surface area contributed by atoms with Gasteiger partial charge in [0.25, 0.3) is 5.91 Å². The van der Waals surface area contributed by atoms with Crippen LogP contribution < -0.4 is 27.0 Å². The lowest BCUT2D eigenvalue weighted by Gasteiger charge is -2.21. The quantitative estimate of drug-likeness (QED) is 0.646. The monoisotopic (exact) mass is 363 g/mol. The van der Waals surface area contributed by atoms with E-state index in [9.17, 15) is 9.59 Å². The lowest BCUT2D eigenvalue weighted by molar-refractivity contribution is 0.0959. The summed E-state index contributed by atoms with van der Waals surface area (Å²) < 4.78 is 0.569. The Bertz CT molecular complexity index is 802. The molecule has 0 spiro atoms. The van der Waals surface area contributed by atoms with Crippen molar-refractivity contribution in [3.8, 4) is 0 Å². The SMILES string of the molecule is NC(=O)c1ccc(N2NNC=C2CNC(=O)c2ccc(Cl)s2)cc1. The maximum absolute atomic E-state index is 12.1. The number of benzene rings is 1. The molecular formula is C15H14ClN5O2S. The molecule has 9 heteroatoms. The molecule has 0 atom stereocenters. The number of anilines is 1. The predicted octanol–water partition coefficient (Wildman–Crippen LogP) is 1.60. The average molecular weight is 364 g/mol. The van der Waals surface area contributed by atoms with Gasteiger partial charge in [-0.25, -0.2) is 0 Å². The molecule has 0 aliphatic carbocycles.